The van der Waals surface area contributed by atoms with Crippen molar-refractivity contribution < 1.29 is 9.13 Å². The zero-order valence-electron chi connectivity index (χ0n) is 37.8. The summed E-state index contributed by atoms with van der Waals surface area (Å²) >= 11 is 5.43. The molecule has 0 spiro atoms. The zero-order valence-corrected chi connectivity index (χ0v) is 38.6. The summed E-state index contributed by atoms with van der Waals surface area (Å²) in [5.41, 5.74) is 12.3. The smallest absolute Gasteiger partial charge is 0.119 e. The summed E-state index contributed by atoms with van der Waals surface area (Å²) in [5, 5.41) is 0.544. The van der Waals surface area contributed by atoms with E-state index < -0.39 is 6.67 Å². The maximum absolute atomic E-state index is 14.8. The quantitative estimate of drug-likeness (QED) is 0.256. The minimum absolute atomic E-state index is 0.00371. The van der Waals surface area contributed by atoms with Crippen LogP contribution in [0.25, 0.3) is 5.57 Å². The van der Waals surface area contributed by atoms with Crippen LogP contribution in [-0.4, -0.2) is 7.11 Å². The van der Waals surface area contributed by atoms with E-state index in [1.165, 1.54) is 39.8 Å². The highest BCUT2D eigenvalue weighted by atomic mass is 35.5. The molecule has 2 aromatic rings. The lowest BCUT2D eigenvalue weighted by Gasteiger charge is -2.33. The molecule has 3 heteroatoms. The topological polar surface area (TPSA) is 9.23 Å². The van der Waals surface area contributed by atoms with Crippen LogP contribution in [-0.2, 0) is 17.5 Å². The molecule has 0 unspecified atom stereocenters. The molecule has 298 valence electrons. The summed E-state index contributed by atoms with van der Waals surface area (Å²) in [5.74, 6) is 0.926. The Kier molecular flexibility index (Phi) is 21.9. The molecule has 0 radical (unpaired) electrons. The predicted molar refractivity (Wildman–Crippen MR) is 240 cm³/mol. The number of methoxy groups -OCH3 is 1. The van der Waals surface area contributed by atoms with Crippen molar-refractivity contribution in [3.8, 4) is 5.75 Å². The Bertz CT molecular complexity index is 1600. The molecule has 2 aromatic carbocycles. The first kappa shape index (κ1) is 52.0. The maximum Gasteiger partial charge on any atom is 0.119 e. The number of hydrogen-bond acceptors (Lipinski definition) is 1. The van der Waals surface area contributed by atoms with Gasteiger partial charge >= 0.3 is 0 Å². The highest BCUT2D eigenvalue weighted by Crippen LogP contribution is 2.43. The van der Waals surface area contributed by atoms with Gasteiger partial charge in [0.2, 0.25) is 0 Å². The van der Waals surface area contributed by atoms with E-state index in [-0.39, 0.29) is 21.7 Å². The average molecular weight is 750 g/mol. The summed E-state index contributed by atoms with van der Waals surface area (Å²) in [6, 6.07) is 10.2. The number of rotatable bonds is 7. The highest BCUT2D eigenvalue weighted by molar-refractivity contribution is 6.30. The molecule has 0 aliphatic heterocycles. The molecule has 1 nitrogen and oxygen atoms in total. The van der Waals surface area contributed by atoms with E-state index in [1.807, 2.05) is 38.1 Å². The van der Waals surface area contributed by atoms with Crippen molar-refractivity contribution in [3.63, 3.8) is 0 Å². The van der Waals surface area contributed by atoms with Crippen LogP contribution in [0.2, 0.25) is 0 Å². The Morgan fingerprint density at radius 2 is 1.28 bits per heavy atom. The second-order valence-corrected chi connectivity index (χ2v) is 18.7. The Morgan fingerprint density at radius 1 is 0.792 bits per heavy atom. The molecular weight excluding hydrogens is 671 g/mol. The molecule has 53 heavy (non-hydrogen) atoms. The van der Waals surface area contributed by atoms with Crippen molar-refractivity contribution in [2.75, 3.05) is 7.11 Å². The van der Waals surface area contributed by atoms with Crippen molar-refractivity contribution in [1.82, 2.24) is 0 Å². The molecule has 0 aromatic heterocycles. The summed E-state index contributed by atoms with van der Waals surface area (Å²) < 4.78 is 19.8. The monoisotopic (exact) mass is 749 g/mol. The van der Waals surface area contributed by atoms with Crippen molar-refractivity contribution in [2.45, 2.75) is 155 Å². The fourth-order valence-corrected chi connectivity index (χ4v) is 5.82. The van der Waals surface area contributed by atoms with Crippen LogP contribution in [0.5, 0.6) is 5.75 Å². The van der Waals surface area contributed by atoms with E-state index in [0.29, 0.717) is 5.03 Å². The standard InChI is InChI=1S/C32H51F.C8H10O.C7H9Cl.C3H8/c1-20(29(5,6)7)17-25(30(8,9)10)21(2)22(3)28-23(4)26(31(11,12)13)18-27(24(28)19-33)32(14,15)16;1-7-4-3-5-8(6-7)9-2;1-4-6(2)5-7(3)8;1-3-2/h17-18H,1,19H2,2-16H3;3-6H,1-2H3;4-5H,1,3H2,2H3;3H2,1-2H3/b22-21+,25-17+;;6-5-;. The average Bonchev–Trinajstić information content (AvgIpc) is 3.00. The first-order chi connectivity index (χ1) is 23.9. The first-order valence-electron chi connectivity index (χ1n) is 19.0. The van der Waals surface area contributed by atoms with Crippen molar-refractivity contribution >= 4 is 17.2 Å². The molecule has 0 N–H and O–H groups in total. The van der Waals surface area contributed by atoms with E-state index >= 15 is 0 Å². The van der Waals surface area contributed by atoms with E-state index in [2.05, 4.69) is 150 Å². The number of allylic oxidation sites excluding steroid dienone is 9. The van der Waals surface area contributed by atoms with Gasteiger partial charge < -0.3 is 4.74 Å². The first-order valence-corrected chi connectivity index (χ1v) is 19.4. The fourth-order valence-electron chi connectivity index (χ4n) is 5.65. The molecule has 0 aliphatic carbocycles. The van der Waals surface area contributed by atoms with Gasteiger partial charge in [-0.05, 0) is 130 Å². The number of hydrogen-bond donors (Lipinski definition) is 0. The maximum atomic E-state index is 14.8. The summed E-state index contributed by atoms with van der Waals surface area (Å²) in [4.78, 5) is 0. The van der Waals surface area contributed by atoms with Crippen LogP contribution in [0.15, 0.2) is 95.6 Å². The summed E-state index contributed by atoms with van der Waals surface area (Å²) in [7, 11) is 1.68. The SMILES string of the molecule is C=C(/C=C(\C(C)=C(/C)c1c(C)c(C(C)(C)C)cc(C(C)(C)C)c1CF)C(C)(C)C)C(C)(C)C.C=C/C(C)=C\C(=C)Cl.CCC.COc1cccc(C)c1. The molecule has 0 heterocycles. The van der Waals surface area contributed by atoms with Crippen LogP contribution in [0, 0.1) is 24.7 Å². The molecule has 2 rings (SSSR count). The van der Waals surface area contributed by atoms with Crippen LogP contribution < -0.4 is 4.74 Å². The van der Waals surface area contributed by atoms with Gasteiger partial charge in [-0.3, -0.25) is 0 Å². The lowest BCUT2D eigenvalue weighted by molar-refractivity contribution is 0.414. The molecule has 0 atom stereocenters. The van der Waals surface area contributed by atoms with Crippen molar-refractivity contribution in [1.29, 1.82) is 0 Å². The van der Waals surface area contributed by atoms with Gasteiger partial charge in [-0.1, -0.05) is 171 Å². The van der Waals surface area contributed by atoms with E-state index in [4.69, 9.17) is 16.3 Å². The minimum Gasteiger partial charge on any atom is -0.497 e. The molecule has 0 aliphatic rings. The molecule has 0 saturated carbocycles. The van der Waals surface area contributed by atoms with E-state index in [1.54, 1.807) is 19.3 Å². The van der Waals surface area contributed by atoms with Gasteiger partial charge in [0.1, 0.15) is 12.4 Å². The third kappa shape index (κ3) is 18.2. The van der Waals surface area contributed by atoms with Crippen molar-refractivity contribution in [2.24, 2.45) is 10.8 Å². The van der Waals surface area contributed by atoms with Gasteiger partial charge in [0.25, 0.3) is 0 Å². The molecule has 0 saturated heterocycles. The van der Waals surface area contributed by atoms with Gasteiger partial charge in [0, 0.05) is 5.03 Å². The van der Waals surface area contributed by atoms with Gasteiger partial charge in [-0.25, -0.2) is 4.39 Å². The lowest BCUT2D eigenvalue weighted by atomic mass is 9.72. The normalized spacial score (nSPS) is 12.9. The van der Waals surface area contributed by atoms with Crippen LogP contribution >= 0.6 is 11.6 Å². The zero-order chi connectivity index (χ0) is 42.3. The number of ether oxygens (including phenoxy) is 1. The van der Waals surface area contributed by atoms with Gasteiger partial charge in [0.05, 0.1) is 7.11 Å². The van der Waals surface area contributed by atoms with Gasteiger partial charge in [0.15, 0.2) is 0 Å². The second-order valence-electron chi connectivity index (χ2n) is 18.2. The third-order valence-corrected chi connectivity index (χ3v) is 8.92. The number of halogens is 2. The summed E-state index contributed by atoms with van der Waals surface area (Å²) in [6.45, 7) is 52.4. The Labute approximate surface area is 333 Å². The molecule has 0 amide bonds. The second kappa shape index (κ2) is 22.3. The van der Waals surface area contributed by atoms with Crippen molar-refractivity contribution in [3.05, 3.63) is 129 Å². The molecule has 0 bridgehead atoms. The number of aryl methyl sites for hydroxylation is 1. The van der Waals surface area contributed by atoms with Gasteiger partial charge in [-0.2, -0.15) is 0 Å². The van der Waals surface area contributed by atoms with E-state index in [0.717, 1.165) is 33.6 Å². The van der Waals surface area contributed by atoms with Crippen LogP contribution in [0.4, 0.5) is 4.39 Å². The number of alkyl halides is 1. The Balaban J connectivity index is 0. The largest absolute Gasteiger partial charge is 0.497 e. The molecule has 0 fully saturated rings. The van der Waals surface area contributed by atoms with Crippen LogP contribution in [0.1, 0.15) is 158 Å². The number of benzene rings is 2. The predicted octanol–water partition coefficient (Wildman–Crippen LogP) is 16.7. The van der Waals surface area contributed by atoms with Gasteiger partial charge in [-0.15, -0.1) is 0 Å². The van der Waals surface area contributed by atoms with E-state index in [9.17, 15) is 4.39 Å². The Hall–Kier alpha value is -3.10. The minimum atomic E-state index is -0.457. The third-order valence-electron chi connectivity index (χ3n) is 8.81. The molecular formula is C50H78ClFO. The Morgan fingerprint density at radius 3 is 1.58 bits per heavy atom. The van der Waals surface area contributed by atoms with Crippen LogP contribution in [0.3, 0.4) is 0 Å². The lowest BCUT2D eigenvalue weighted by Crippen LogP contribution is -2.22. The highest BCUT2D eigenvalue weighted by Gasteiger charge is 2.30. The summed E-state index contributed by atoms with van der Waals surface area (Å²) in [6.07, 6.45) is 7.00. The fraction of sp³-hybridized carbons (Fsp3) is 0.520.